The number of nitrogens with zero attached hydrogens (tertiary/aromatic N) is 2. The molecule has 1 atom stereocenters. The molecule has 4 heterocycles. The zero-order valence-corrected chi connectivity index (χ0v) is 19.4. The maximum atomic E-state index is 12.8. The average molecular weight is 465 g/mol. The Kier molecular flexibility index (Phi) is 5.80. The van der Waals surface area contributed by atoms with Gasteiger partial charge in [-0.3, -0.25) is 14.6 Å². The SMILES string of the molecule is Cc1ccc(-c2csc3c(=O)[nH]c(N4CCCC(C(=O)NCc5cccs5)C4)nc23)cc1. The first-order valence-electron chi connectivity index (χ1n) is 10.7. The molecule has 1 aromatic carbocycles. The fourth-order valence-electron chi connectivity index (χ4n) is 4.12. The Balaban J connectivity index is 1.38. The molecule has 1 aliphatic rings. The fraction of sp³-hybridized carbons (Fsp3) is 0.292. The highest BCUT2D eigenvalue weighted by Gasteiger charge is 2.27. The number of rotatable bonds is 5. The summed E-state index contributed by atoms with van der Waals surface area (Å²) in [5.74, 6) is 0.483. The van der Waals surface area contributed by atoms with Crippen LogP contribution in [-0.2, 0) is 11.3 Å². The quantitative estimate of drug-likeness (QED) is 0.454. The van der Waals surface area contributed by atoms with Gasteiger partial charge < -0.3 is 10.2 Å². The van der Waals surface area contributed by atoms with E-state index in [0.29, 0.717) is 23.7 Å². The van der Waals surface area contributed by atoms with Gasteiger partial charge in [0.25, 0.3) is 5.56 Å². The first-order chi connectivity index (χ1) is 15.6. The molecular weight excluding hydrogens is 440 g/mol. The number of fused-ring (bicyclic) bond motifs is 1. The molecule has 1 aliphatic heterocycles. The number of nitrogens with one attached hydrogen (secondary N) is 2. The van der Waals surface area contributed by atoms with E-state index in [9.17, 15) is 9.59 Å². The van der Waals surface area contributed by atoms with Gasteiger partial charge in [-0.05, 0) is 36.8 Å². The summed E-state index contributed by atoms with van der Waals surface area (Å²) < 4.78 is 0.631. The predicted molar refractivity (Wildman–Crippen MR) is 132 cm³/mol. The Morgan fingerprint density at radius 1 is 1.25 bits per heavy atom. The van der Waals surface area contributed by atoms with E-state index in [1.54, 1.807) is 11.3 Å². The van der Waals surface area contributed by atoms with Gasteiger partial charge in [-0.15, -0.1) is 22.7 Å². The van der Waals surface area contributed by atoms with Crippen molar-refractivity contribution in [3.8, 4) is 11.1 Å². The topological polar surface area (TPSA) is 78.1 Å². The minimum absolute atomic E-state index is 0.0578. The maximum Gasteiger partial charge on any atom is 0.270 e. The third-order valence-corrected chi connectivity index (χ3v) is 7.73. The van der Waals surface area contributed by atoms with Crippen molar-refractivity contribution in [1.29, 1.82) is 0 Å². The molecular formula is C24H24N4O2S2. The number of benzene rings is 1. The summed E-state index contributed by atoms with van der Waals surface area (Å²) in [7, 11) is 0. The molecule has 5 rings (SSSR count). The molecule has 0 aliphatic carbocycles. The summed E-state index contributed by atoms with van der Waals surface area (Å²) >= 11 is 3.06. The molecule has 6 nitrogen and oxygen atoms in total. The normalized spacial score (nSPS) is 16.4. The number of aryl methyl sites for hydroxylation is 1. The molecule has 0 radical (unpaired) electrons. The van der Waals surface area contributed by atoms with Crippen molar-refractivity contribution in [2.24, 2.45) is 5.92 Å². The number of piperidine rings is 1. The van der Waals surface area contributed by atoms with E-state index in [1.807, 2.05) is 27.8 Å². The molecule has 0 bridgehead atoms. The van der Waals surface area contributed by atoms with Crippen LogP contribution in [-0.4, -0.2) is 29.0 Å². The largest absolute Gasteiger partial charge is 0.351 e. The highest BCUT2D eigenvalue weighted by molar-refractivity contribution is 7.17. The van der Waals surface area contributed by atoms with Crippen LogP contribution >= 0.6 is 22.7 Å². The van der Waals surface area contributed by atoms with Crippen LogP contribution in [0.15, 0.2) is 52.0 Å². The van der Waals surface area contributed by atoms with Crippen LogP contribution in [0.5, 0.6) is 0 Å². The summed E-state index contributed by atoms with van der Waals surface area (Å²) in [6.07, 6.45) is 1.72. The van der Waals surface area contributed by atoms with Crippen LogP contribution in [0.1, 0.15) is 23.3 Å². The van der Waals surface area contributed by atoms with Crippen molar-refractivity contribution in [2.75, 3.05) is 18.0 Å². The van der Waals surface area contributed by atoms with Gasteiger partial charge >= 0.3 is 0 Å². The van der Waals surface area contributed by atoms with Crippen LogP contribution in [0.2, 0.25) is 0 Å². The molecule has 1 saturated heterocycles. The minimum Gasteiger partial charge on any atom is -0.351 e. The number of amides is 1. The number of thiophene rings is 2. The van der Waals surface area contributed by atoms with Crippen molar-refractivity contribution >= 4 is 44.7 Å². The number of carbonyl (C=O) groups excluding carboxylic acids is 1. The Bertz CT molecular complexity index is 1290. The molecule has 1 fully saturated rings. The Labute approximate surface area is 193 Å². The van der Waals surface area contributed by atoms with Crippen molar-refractivity contribution in [2.45, 2.75) is 26.3 Å². The number of H-pyrrole nitrogens is 1. The lowest BCUT2D eigenvalue weighted by Gasteiger charge is -2.32. The second-order valence-electron chi connectivity index (χ2n) is 8.17. The van der Waals surface area contributed by atoms with Crippen LogP contribution < -0.4 is 15.8 Å². The zero-order chi connectivity index (χ0) is 22.1. The van der Waals surface area contributed by atoms with Gasteiger partial charge in [-0.25, -0.2) is 4.98 Å². The third kappa shape index (κ3) is 4.20. The summed E-state index contributed by atoms with van der Waals surface area (Å²) in [4.78, 5) is 36.5. The first kappa shape index (κ1) is 20.9. The number of anilines is 1. The highest BCUT2D eigenvalue weighted by Crippen LogP contribution is 2.32. The predicted octanol–water partition coefficient (Wildman–Crippen LogP) is 4.55. The van der Waals surface area contributed by atoms with Crippen molar-refractivity contribution in [3.05, 3.63) is 68.0 Å². The van der Waals surface area contributed by atoms with Crippen LogP contribution in [0.25, 0.3) is 21.3 Å². The standard InChI is InChI=1S/C24H24N4O2S2/c1-15-6-8-16(9-7-15)19-14-32-21-20(19)26-24(27-23(21)30)28-10-2-4-17(13-28)22(29)25-12-18-5-3-11-31-18/h3,5-9,11,14,17H,2,4,10,12-13H2,1H3,(H,25,29)(H,26,27,30). The Morgan fingerprint density at radius 3 is 2.88 bits per heavy atom. The number of aromatic amines is 1. The molecule has 32 heavy (non-hydrogen) atoms. The summed E-state index contributed by atoms with van der Waals surface area (Å²) in [6, 6.07) is 12.3. The number of carbonyl (C=O) groups is 1. The molecule has 3 aromatic heterocycles. The third-order valence-electron chi connectivity index (χ3n) is 5.89. The van der Waals surface area contributed by atoms with E-state index in [-0.39, 0.29) is 17.4 Å². The van der Waals surface area contributed by atoms with E-state index in [1.165, 1.54) is 16.9 Å². The van der Waals surface area contributed by atoms with E-state index in [0.717, 1.165) is 40.9 Å². The lowest BCUT2D eigenvalue weighted by molar-refractivity contribution is -0.125. The highest BCUT2D eigenvalue weighted by atomic mass is 32.1. The van der Waals surface area contributed by atoms with Gasteiger partial charge in [-0.1, -0.05) is 35.9 Å². The molecule has 0 spiro atoms. The average Bonchev–Trinajstić information content (AvgIpc) is 3.48. The molecule has 1 amide bonds. The van der Waals surface area contributed by atoms with E-state index < -0.39 is 0 Å². The lowest BCUT2D eigenvalue weighted by Crippen LogP contribution is -2.43. The molecule has 4 aromatic rings. The van der Waals surface area contributed by atoms with Crippen molar-refractivity contribution in [1.82, 2.24) is 15.3 Å². The van der Waals surface area contributed by atoms with Gasteiger partial charge in [0.05, 0.1) is 18.0 Å². The second-order valence-corrected chi connectivity index (χ2v) is 10.1. The Hall–Kier alpha value is -2.97. The van der Waals surface area contributed by atoms with Crippen LogP contribution in [0.3, 0.4) is 0 Å². The van der Waals surface area contributed by atoms with Crippen molar-refractivity contribution < 1.29 is 4.79 Å². The first-order valence-corrected chi connectivity index (χ1v) is 12.5. The fourth-order valence-corrected chi connectivity index (χ4v) is 5.67. The van der Waals surface area contributed by atoms with E-state index >= 15 is 0 Å². The molecule has 1 unspecified atom stereocenters. The monoisotopic (exact) mass is 464 g/mol. The van der Waals surface area contributed by atoms with Gasteiger partial charge in [0.1, 0.15) is 4.70 Å². The van der Waals surface area contributed by atoms with Gasteiger partial charge in [0, 0.05) is 28.9 Å². The number of hydrogen-bond acceptors (Lipinski definition) is 6. The van der Waals surface area contributed by atoms with E-state index in [2.05, 4.69) is 41.5 Å². The van der Waals surface area contributed by atoms with Crippen LogP contribution in [0.4, 0.5) is 5.95 Å². The van der Waals surface area contributed by atoms with E-state index in [4.69, 9.17) is 4.98 Å². The molecule has 164 valence electrons. The Morgan fingerprint density at radius 2 is 2.09 bits per heavy atom. The summed E-state index contributed by atoms with van der Waals surface area (Å²) in [5, 5.41) is 7.06. The van der Waals surface area contributed by atoms with Crippen molar-refractivity contribution in [3.63, 3.8) is 0 Å². The van der Waals surface area contributed by atoms with Gasteiger partial charge in [-0.2, -0.15) is 0 Å². The van der Waals surface area contributed by atoms with Crippen LogP contribution in [0, 0.1) is 12.8 Å². The summed E-state index contributed by atoms with van der Waals surface area (Å²) in [6.45, 7) is 3.94. The molecule has 2 N–H and O–H groups in total. The second kappa shape index (κ2) is 8.88. The maximum absolute atomic E-state index is 12.8. The molecule has 0 saturated carbocycles. The lowest BCUT2D eigenvalue weighted by atomic mass is 9.97. The smallest absolute Gasteiger partial charge is 0.270 e. The number of aromatic nitrogens is 2. The minimum atomic E-state index is -0.127. The summed E-state index contributed by atoms with van der Waals surface area (Å²) in [5.41, 5.74) is 3.81. The molecule has 8 heteroatoms. The zero-order valence-electron chi connectivity index (χ0n) is 17.8. The van der Waals surface area contributed by atoms with Gasteiger partial charge in [0.15, 0.2) is 0 Å². The number of hydrogen-bond donors (Lipinski definition) is 2. The van der Waals surface area contributed by atoms with Gasteiger partial charge in [0.2, 0.25) is 11.9 Å².